The quantitative estimate of drug-likeness (QED) is 0.603. The zero-order valence-electron chi connectivity index (χ0n) is 12.1. The SMILES string of the molecule is O=C(O)CC1(NC(=O)Cc2c[nH]c(=O)[nH]c2=O)CCCCC1. The van der Waals surface area contributed by atoms with Gasteiger partial charge in [-0.05, 0) is 12.8 Å². The van der Waals surface area contributed by atoms with Crippen LogP contribution in [-0.2, 0) is 16.0 Å². The number of rotatable bonds is 5. The normalized spacial score (nSPS) is 16.9. The molecule has 0 aliphatic heterocycles. The van der Waals surface area contributed by atoms with Gasteiger partial charge < -0.3 is 15.4 Å². The van der Waals surface area contributed by atoms with Gasteiger partial charge in [-0.1, -0.05) is 19.3 Å². The van der Waals surface area contributed by atoms with Crippen molar-refractivity contribution in [2.75, 3.05) is 0 Å². The van der Waals surface area contributed by atoms with Gasteiger partial charge in [-0.2, -0.15) is 0 Å². The molecule has 1 amide bonds. The third kappa shape index (κ3) is 4.06. The number of H-pyrrole nitrogens is 2. The Morgan fingerprint density at radius 3 is 2.50 bits per heavy atom. The van der Waals surface area contributed by atoms with Crippen LogP contribution in [0.3, 0.4) is 0 Å². The zero-order valence-corrected chi connectivity index (χ0v) is 12.1. The van der Waals surface area contributed by atoms with E-state index in [4.69, 9.17) is 5.11 Å². The number of carbonyl (C=O) groups is 2. The Balaban J connectivity index is 2.09. The second-order valence-electron chi connectivity index (χ2n) is 5.73. The van der Waals surface area contributed by atoms with Crippen molar-refractivity contribution in [1.82, 2.24) is 15.3 Å². The van der Waals surface area contributed by atoms with E-state index in [-0.39, 0.29) is 18.4 Å². The summed E-state index contributed by atoms with van der Waals surface area (Å²) in [6.07, 6.45) is 4.87. The lowest BCUT2D eigenvalue weighted by molar-refractivity contribution is -0.139. The van der Waals surface area contributed by atoms with Gasteiger partial charge in [0.2, 0.25) is 5.91 Å². The Morgan fingerprint density at radius 2 is 1.91 bits per heavy atom. The van der Waals surface area contributed by atoms with Crippen LogP contribution < -0.4 is 16.6 Å². The zero-order chi connectivity index (χ0) is 16.2. The third-order valence-electron chi connectivity index (χ3n) is 3.95. The lowest BCUT2D eigenvalue weighted by Crippen LogP contribution is -2.51. The number of carboxylic acid groups (broad SMARTS) is 1. The molecule has 22 heavy (non-hydrogen) atoms. The van der Waals surface area contributed by atoms with E-state index < -0.39 is 28.7 Å². The van der Waals surface area contributed by atoms with Gasteiger partial charge in [0.25, 0.3) is 5.56 Å². The van der Waals surface area contributed by atoms with E-state index in [1.807, 2.05) is 4.98 Å². The molecule has 1 aliphatic carbocycles. The Morgan fingerprint density at radius 1 is 1.23 bits per heavy atom. The topological polar surface area (TPSA) is 132 Å². The van der Waals surface area contributed by atoms with Crippen LogP contribution in [0.4, 0.5) is 0 Å². The van der Waals surface area contributed by atoms with Gasteiger partial charge in [0.05, 0.1) is 18.4 Å². The summed E-state index contributed by atoms with van der Waals surface area (Å²) in [6.45, 7) is 0. The van der Waals surface area contributed by atoms with Crippen LogP contribution in [0.5, 0.6) is 0 Å². The second kappa shape index (κ2) is 6.59. The maximum Gasteiger partial charge on any atom is 0.325 e. The second-order valence-corrected chi connectivity index (χ2v) is 5.73. The number of hydrogen-bond donors (Lipinski definition) is 4. The number of carboxylic acids is 1. The monoisotopic (exact) mass is 309 g/mol. The summed E-state index contributed by atoms with van der Waals surface area (Å²) in [5.74, 6) is -1.37. The van der Waals surface area contributed by atoms with Crippen molar-refractivity contribution in [3.8, 4) is 0 Å². The van der Waals surface area contributed by atoms with Crippen molar-refractivity contribution < 1.29 is 14.7 Å². The number of hydrogen-bond acceptors (Lipinski definition) is 4. The van der Waals surface area contributed by atoms with Gasteiger partial charge in [0.15, 0.2) is 0 Å². The molecular weight excluding hydrogens is 290 g/mol. The highest BCUT2D eigenvalue weighted by atomic mass is 16.4. The molecule has 0 atom stereocenters. The summed E-state index contributed by atoms with van der Waals surface area (Å²) in [7, 11) is 0. The van der Waals surface area contributed by atoms with E-state index in [0.29, 0.717) is 12.8 Å². The highest BCUT2D eigenvalue weighted by molar-refractivity contribution is 5.80. The van der Waals surface area contributed by atoms with E-state index in [1.54, 1.807) is 0 Å². The minimum absolute atomic E-state index is 0.124. The van der Waals surface area contributed by atoms with Gasteiger partial charge >= 0.3 is 11.7 Å². The van der Waals surface area contributed by atoms with Crippen LogP contribution >= 0.6 is 0 Å². The first-order valence-electron chi connectivity index (χ1n) is 7.24. The molecule has 8 nitrogen and oxygen atoms in total. The standard InChI is InChI=1S/C14H19N3O5/c18-10(6-9-8-15-13(22)16-12(9)21)17-14(7-11(19)20)4-2-1-3-5-14/h8H,1-7H2,(H,17,18)(H,19,20)(H2,15,16,21,22). The number of aromatic amines is 2. The van der Waals surface area contributed by atoms with E-state index in [1.165, 1.54) is 6.20 Å². The number of aromatic nitrogens is 2. The maximum absolute atomic E-state index is 12.2. The molecular formula is C14H19N3O5. The fourth-order valence-electron chi connectivity index (χ4n) is 2.95. The fraction of sp³-hybridized carbons (Fsp3) is 0.571. The molecule has 1 aliphatic rings. The van der Waals surface area contributed by atoms with E-state index >= 15 is 0 Å². The van der Waals surface area contributed by atoms with Crippen LogP contribution in [0.2, 0.25) is 0 Å². The number of amides is 1. The average molecular weight is 309 g/mol. The van der Waals surface area contributed by atoms with Crippen molar-refractivity contribution in [3.05, 3.63) is 32.6 Å². The number of nitrogens with one attached hydrogen (secondary N) is 3. The predicted molar refractivity (Wildman–Crippen MR) is 77.6 cm³/mol. The molecule has 0 aromatic carbocycles. The third-order valence-corrected chi connectivity index (χ3v) is 3.95. The molecule has 4 N–H and O–H groups in total. The van der Waals surface area contributed by atoms with Gasteiger partial charge in [-0.15, -0.1) is 0 Å². The van der Waals surface area contributed by atoms with Crippen molar-refractivity contribution >= 4 is 11.9 Å². The highest BCUT2D eigenvalue weighted by Crippen LogP contribution is 2.31. The summed E-state index contributed by atoms with van der Waals surface area (Å²) >= 11 is 0. The first kappa shape index (κ1) is 16.0. The molecule has 1 heterocycles. The molecule has 0 spiro atoms. The Bertz CT molecular complexity index is 670. The molecule has 0 radical (unpaired) electrons. The van der Waals surface area contributed by atoms with Crippen LogP contribution in [0.15, 0.2) is 15.8 Å². The van der Waals surface area contributed by atoms with E-state index in [9.17, 15) is 19.2 Å². The number of aliphatic carboxylic acids is 1. The fourth-order valence-corrected chi connectivity index (χ4v) is 2.95. The maximum atomic E-state index is 12.2. The van der Waals surface area contributed by atoms with E-state index in [0.717, 1.165) is 19.3 Å². The van der Waals surface area contributed by atoms with Crippen molar-refractivity contribution in [2.24, 2.45) is 0 Å². The Labute approximate surface area is 126 Å². The average Bonchev–Trinajstić information content (AvgIpc) is 2.42. The molecule has 0 bridgehead atoms. The first-order chi connectivity index (χ1) is 10.4. The van der Waals surface area contributed by atoms with Crippen molar-refractivity contribution in [3.63, 3.8) is 0 Å². The largest absolute Gasteiger partial charge is 0.481 e. The van der Waals surface area contributed by atoms with Gasteiger partial charge in [-0.3, -0.25) is 19.4 Å². The van der Waals surface area contributed by atoms with Crippen LogP contribution in [-0.4, -0.2) is 32.5 Å². The highest BCUT2D eigenvalue weighted by Gasteiger charge is 2.35. The molecule has 1 aromatic heterocycles. The Hall–Kier alpha value is -2.38. The minimum Gasteiger partial charge on any atom is -0.481 e. The summed E-state index contributed by atoms with van der Waals surface area (Å²) in [4.78, 5) is 50.1. The molecule has 1 aromatic rings. The minimum atomic E-state index is -0.955. The molecule has 120 valence electrons. The lowest BCUT2D eigenvalue weighted by Gasteiger charge is -2.37. The van der Waals surface area contributed by atoms with Crippen LogP contribution in [0.1, 0.15) is 44.1 Å². The van der Waals surface area contributed by atoms with Gasteiger partial charge in [0, 0.05) is 11.8 Å². The predicted octanol–water partition coefficient (Wildman–Crippen LogP) is -0.101. The molecule has 2 rings (SSSR count). The summed E-state index contributed by atoms with van der Waals surface area (Å²) < 4.78 is 0. The van der Waals surface area contributed by atoms with Crippen LogP contribution in [0.25, 0.3) is 0 Å². The Kier molecular flexibility index (Phi) is 4.79. The molecule has 1 fully saturated rings. The van der Waals surface area contributed by atoms with Crippen LogP contribution in [0, 0.1) is 0 Å². The molecule has 0 unspecified atom stereocenters. The van der Waals surface area contributed by atoms with E-state index in [2.05, 4.69) is 10.3 Å². The smallest absolute Gasteiger partial charge is 0.325 e. The number of carbonyl (C=O) groups excluding carboxylic acids is 1. The van der Waals surface area contributed by atoms with Crippen molar-refractivity contribution in [1.29, 1.82) is 0 Å². The van der Waals surface area contributed by atoms with Gasteiger partial charge in [0.1, 0.15) is 0 Å². The molecule has 8 heteroatoms. The molecule has 1 saturated carbocycles. The summed E-state index contributed by atoms with van der Waals surface area (Å²) in [5, 5.41) is 11.9. The summed E-state index contributed by atoms with van der Waals surface area (Å²) in [6, 6.07) is 0. The van der Waals surface area contributed by atoms with Crippen molar-refractivity contribution in [2.45, 2.75) is 50.5 Å². The summed E-state index contributed by atoms with van der Waals surface area (Å²) in [5.41, 5.74) is -1.85. The lowest BCUT2D eigenvalue weighted by atomic mass is 9.79. The first-order valence-corrected chi connectivity index (χ1v) is 7.24. The molecule has 0 saturated heterocycles. The van der Waals surface area contributed by atoms with Gasteiger partial charge in [-0.25, -0.2) is 4.79 Å².